The normalized spacial score (nSPS) is 11.4. The Morgan fingerprint density at radius 1 is 0.966 bits per heavy atom. The number of hydrogen-bond acceptors (Lipinski definition) is 4. The fraction of sp³-hybridized carbons (Fsp3) is 0.0435. The number of aryl methyl sites for hydroxylation is 1. The summed E-state index contributed by atoms with van der Waals surface area (Å²) in [5.74, 6) is -0.646. The van der Waals surface area contributed by atoms with Crippen LogP contribution >= 0.6 is 0 Å². The molecule has 1 amide bonds. The number of allylic oxidation sites excluding steroid dienone is 1. The molecule has 0 aromatic heterocycles. The second kappa shape index (κ2) is 8.84. The topological polar surface area (TPSA) is 88.2 Å². The molecule has 0 atom stereocenters. The molecule has 146 valence electrons. The van der Waals surface area contributed by atoms with Crippen LogP contribution in [0.15, 0.2) is 84.3 Å². The Kier molecular flexibility index (Phi) is 6.04. The Morgan fingerprint density at radius 3 is 2.07 bits per heavy atom. The zero-order chi connectivity index (χ0) is 20.8. The van der Waals surface area contributed by atoms with Crippen molar-refractivity contribution in [2.24, 2.45) is 5.73 Å². The van der Waals surface area contributed by atoms with Gasteiger partial charge in [-0.2, -0.15) is 0 Å². The molecule has 3 aromatic rings. The number of nitrogens with one attached hydrogen (secondary N) is 2. The maximum atomic E-state index is 13.1. The van der Waals surface area contributed by atoms with Crippen LogP contribution in [0.1, 0.15) is 5.56 Å². The van der Waals surface area contributed by atoms with E-state index in [0.717, 1.165) is 22.9 Å². The van der Waals surface area contributed by atoms with E-state index < -0.39 is 5.91 Å². The Labute approximate surface area is 168 Å². The number of ether oxygens (including phenoxy) is 1. The van der Waals surface area contributed by atoms with Crippen LogP contribution in [0.5, 0.6) is 5.75 Å². The predicted molar refractivity (Wildman–Crippen MR) is 112 cm³/mol. The molecule has 6 heteroatoms. The summed E-state index contributed by atoms with van der Waals surface area (Å²) in [5.41, 5.74) is 9.07. The van der Waals surface area contributed by atoms with Crippen molar-refractivity contribution in [3.63, 3.8) is 0 Å². The lowest BCUT2D eigenvalue weighted by Crippen LogP contribution is -2.23. The lowest BCUT2D eigenvalue weighted by molar-refractivity contribution is -0.114. The first-order valence-electron chi connectivity index (χ1n) is 8.88. The van der Waals surface area contributed by atoms with Gasteiger partial charge in [-0.15, -0.1) is 0 Å². The highest BCUT2D eigenvalue weighted by molar-refractivity contribution is 6.05. The minimum atomic E-state index is -0.558. The van der Waals surface area contributed by atoms with Crippen molar-refractivity contribution in [2.45, 2.75) is 6.92 Å². The monoisotopic (exact) mass is 389 g/mol. The van der Waals surface area contributed by atoms with Gasteiger partial charge in [0.05, 0.1) is 5.70 Å². The molecule has 4 N–H and O–H groups in total. The lowest BCUT2D eigenvalue weighted by Gasteiger charge is -2.13. The molecule has 0 radical (unpaired) electrons. The van der Waals surface area contributed by atoms with Crippen LogP contribution in [0.2, 0.25) is 0 Å². The van der Waals surface area contributed by atoms with E-state index in [9.17, 15) is 9.18 Å². The van der Waals surface area contributed by atoms with Crippen LogP contribution in [0.25, 0.3) is 11.1 Å². The average molecular weight is 389 g/mol. The van der Waals surface area contributed by atoms with Gasteiger partial charge in [0, 0.05) is 11.9 Å². The Hall–Kier alpha value is -3.93. The Morgan fingerprint density at radius 2 is 1.52 bits per heavy atom. The minimum absolute atomic E-state index is 0.0998. The summed E-state index contributed by atoms with van der Waals surface area (Å²) < 4.78 is 18.7. The van der Waals surface area contributed by atoms with Crippen molar-refractivity contribution in [1.82, 2.24) is 0 Å². The lowest BCUT2D eigenvalue weighted by atomic mass is 10.1. The summed E-state index contributed by atoms with van der Waals surface area (Å²) in [7, 11) is 0. The highest BCUT2D eigenvalue weighted by Gasteiger charge is 2.16. The summed E-state index contributed by atoms with van der Waals surface area (Å²) in [6, 6.07) is 20.3. The summed E-state index contributed by atoms with van der Waals surface area (Å²) in [4.78, 5) is 12.6. The number of benzene rings is 3. The average Bonchev–Trinajstić information content (AvgIpc) is 2.74. The van der Waals surface area contributed by atoms with E-state index in [1.165, 1.54) is 12.1 Å². The van der Waals surface area contributed by atoms with Gasteiger partial charge in [-0.25, -0.2) is 4.39 Å². The van der Waals surface area contributed by atoms with Crippen molar-refractivity contribution in [1.29, 1.82) is 5.41 Å². The molecule has 0 bridgehead atoms. The standard InChI is InChI=1S/C23H20FN3O2/c1-15-2-10-19(11-3-15)27-23(28)22(21(26)14-25)29-20-12-6-17(7-13-20)16-4-8-18(24)9-5-16/h2-14,25H,26H2,1H3,(H,27,28)/b22-21-,25-14?. The molecule has 0 aliphatic carbocycles. The number of nitrogens with two attached hydrogens (primary N) is 1. The first-order valence-corrected chi connectivity index (χ1v) is 8.88. The first-order chi connectivity index (χ1) is 14.0. The fourth-order valence-electron chi connectivity index (χ4n) is 2.60. The number of halogens is 1. The van der Waals surface area contributed by atoms with Crippen LogP contribution < -0.4 is 15.8 Å². The number of hydrogen-bond donors (Lipinski definition) is 3. The number of amides is 1. The molecule has 0 aliphatic heterocycles. The van der Waals surface area contributed by atoms with E-state index in [2.05, 4.69) is 5.32 Å². The quantitative estimate of drug-likeness (QED) is 0.326. The van der Waals surface area contributed by atoms with Crippen molar-refractivity contribution in [3.8, 4) is 16.9 Å². The zero-order valence-electron chi connectivity index (χ0n) is 15.8. The Balaban J connectivity index is 1.78. The van der Waals surface area contributed by atoms with E-state index in [1.54, 1.807) is 48.5 Å². The van der Waals surface area contributed by atoms with Crippen LogP contribution in [-0.2, 0) is 4.79 Å². The third kappa shape index (κ3) is 5.07. The molecule has 0 spiro atoms. The van der Waals surface area contributed by atoms with Crippen molar-refractivity contribution < 1.29 is 13.9 Å². The minimum Gasteiger partial charge on any atom is -0.449 e. The largest absolute Gasteiger partial charge is 0.449 e. The molecule has 29 heavy (non-hydrogen) atoms. The van der Waals surface area contributed by atoms with E-state index in [1.807, 2.05) is 19.1 Å². The first kappa shape index (κ1) is 19.8. The molecule has 5 nitrogen and oxygen atoms in total. The van der Waals surface area contributed by atoms with E-state index >= 15 is 0 Å². The van der Waals surface area contributed by atoms with E-state index in [0.29, 0.717) is 11.4 Å². The highest BCUT2D eigenvalue weighted by atomic mass is 19.1. The molecule has 0 saturated carbocycles. The highest BCUT2D eigenvalue weighted by Crippen LogP contribution is 2.24. The number of rotatable bonds is 6. The molecular weight excluding hydrogens is 369 g/mol. The molecule has 3 aromatic carbocycles. The van der Waals surface area contributed by atoms with Crippen LogP contribution in [0.3, 0.4) is 0 Å². The van der Waals surface area contributed by atoms with Gasteiger partial charge < -0.3 is 21.2 Å². The molecule has 0 unspecified atom stereocenters. The summed E-state index contributed by atoms with van der Waals surface area (Å²) in [6.07, 6.45) is 0.858. The van der Waals surface area contributed by atoms with Crippen LogP contribution in [0, 0.1) is 18.2 Å². The maximum Gasteiger partial charge on any atom is 0.293 e. The number of carbonyl (C=O) groups excluding carboxylic acids is 1. The van der Waals surface area contributed by atoms with Crippen molar-refractivity contribution in [2.75, 3.05) is 5.32 Å². The second-order valence-corrected chi connectivity index (χ2v) is 6.38. The molecule has 0 fully saturated rings. The van der Waals surface area contributed by atoms with Crippen molar-refractivity contribution >= 4 is 17.8 Å². The fourth-order valence-corrected chi connectivity index (χ4v) is 2.60. The molecule has 0 aliphatic rings. The third-order valence-corrected chi connectivity index (χ3v) is 4.19. The third-order valence-electron chi connectivity index (χ3n) is 4.19. The van der Waals surface area contributed by atoms with E-state index in [-0.39, 0.29) is 17.3 Å². The van der Waals surface area contributed by atoms with Crippen LogP contribution in [-0.4, -0.2) is 12.1 Å². The molecular formula is C23H20FN3O2. The molecule has 3 rings (SSSR count). The van der Waals surface area contributed by atoms with Gasteiger partial charge in [0.2, 0.25) is 5.76 Å². The summed E-state index contributed by atoms with van der Waals surface area (Å²) >= 11 is 0. The summed E-state index contributed by atoms with van der Waals surface area (Å²) in [5, 5.41) is 10.1. The van der Waals surface area contributed by atoms with Gasteiger partial charge in [-0.1, -0.05) is 42.0 Å². The smallest absolute Gasteiger partial charge is 0.293 e. The molecule has 0 heterocycles. The zero-order valence-corrected chi connectivity index (χ0v) is 15.8. The van der Waals surface area contributed by atoms with Gasteiger partial charge in [-0.05, 0) is 54.4 Å². The van der Waals surface area contributed by atoms with Gasteiger partial charge >= 0.3 is 0 Å². The van der Waals surface area contributed by atoms with E-state index in [4.69, 9.17) is 15.9 Å². The molecule has 0 saturated heterocycles. The second-order valence-electron chi connectivity index (χ2n) is 6.38. The summed E-state index contributed by atoms with van der Waals surface area (Å²) in [6.45, 7) is 1.95. The van der Waals surface area contributed by atoms with Gasteiger partial charge in [0.25, 0.3) is 5.91 Å². The van der Waals surface area contributed by atoms with Crippen molar-refractivity contribution in [3.05, 3.63) is 95.6 Å². The van der Waals surface area contributed by atoms with Gasteiger partial charge in [0.1, 0.15) is 11.6 Å². The van der Waals surface area contributed by atoms with Crippen LogP contribution in [0.4, 0.5) is 10.1 Å². The number of carbonyl (C=O) groups is 1. The van der Waals surface area contributed by atoms with Gasteiger partial charge in [0.15, 0.2) is 0 Å². The number of anilines is 1. The Bertz CT molecular complexity index is 1040. The maximum absolute atomic E-state index is 13.1. The predicted octanol–water partition coefficient (Wildman–Crippen LogP) is 4.64. The SMILES string of the molecule is Cc1ccc(NC(=O)/C(Oc2ccc(-c3ccc(F)cc3)cc2)=C(/N)C=N)cc1. The van der Waals surface area contributed by atoms with Gasteiger partial charge in [-0.3, -0.25) is 4.79 Å².